The van der Waals surface area contributed by atoms with Crippen molar-refractivity contribution in [2.45, 2.75) is 44.6 Å². The van der Waals surface area contributed by atoms with Gasteiger partial charge >= 0.3 is 12.0 Å². The average molecular weight is 297 g/mol. The Kier molecular flexibility index (Phi) is 5.03. The van der Waals surface area contributed by atoms with Gasteiger partial charge in [0.2, 0.25) is 5.91 Å². The number of nitrogens with zero attached hydrogens (tertiary/aromatic N) is 1. The molecule has 0 radical (unpaired) electrons. The van der Waals surface area contributed by atoms with Gasteiger partial charge in [0.25, 0.3) is 0 Å². The van der Waals surface area contributed by atoms with Crippen LogP contribution in [0.2, 0.25) is 0 Å². The van der Waals surface area contributed by atoms with Crippen LogP contribution >= 0.6 is 0 Å². The number of carboxylic acid groups (broad SMARTS) is 1. The van der Waals surface area contributed by atoms with E-state index in [1.807, 2.05) is 0 Å². The quantitative estimate of drug-likeness (QED) is 0.576. The molecule has 2 aliphatic carbocycles. The second kappa shape index (κ2) is 6.78. The summed E-state index contributed by atoms with van der Waals surface area (Å²) in [7, 11) is 0. The summed E-state index contributed by atoms with van der Waals surface area (Å²) in [5, 5.41) is 11.6. The van der Waals surface area contributed by atoms with E-state index in [4.69, 9.17) is 10.8 Å². The van der Waals surface area contributed by atoms with Gasteiger partial charge in [0, 0.05) is 19.5 Å². The van der Waals surface area contributed by atoms with Gasteiger partial charge in [-0.3, -0.25) is 4.79 Å². The van der Waals surface area contributed by atoms with Crippen LogP contribution in [0.4, 0.5) is 4.79 Å². The van der Waals surface area contributed by atoms with Gasteiger partial charge < -0.3 is 21.1 Å². The highest BCUT2D eigenvalue weighted by atomic mass is 16.4. The zero-order valence-electron chi connectivity index (χ0n) is 12.1. The summed E-state index contributed by atoms with van der Waals surface area (Å²) in [6.45, 7) is 1.40. The number of nitrogens with one attached hydrogen (secondary N) is 1. The molecule has 21 heavy (non-hydrogen) atoms. The SMILES string of the molecule is NC(=O)CC[C@@H](NC(=O)N(CC1CC1)CC1CC1)C(=O)O. The first kappa shape index (κ1) is 15.6. The van der Waals surface area contributed by atoms with E-state index in [2.05, 4.69) is 5.32 Å². The number of rotatable bonds is 9. The lowest BCUT2D eigenvalue weighted by atomic mass is 10.1. The van der Waals surface area contributed by atoms with Crippen LogP contribution in [0.1, 0.15) is 38.5 Å². The van der Waals surface area contributed by atoms with E-state index >= 15 is 0 Å². The second-order valence-electron chi connectivity index (χ2n) is 6.14. The van der Waals surface area contributed by atoms with Gasteiger partial charge in [-0.15, -0.1) is 0 Å². The Morgan fingerprint density at radius 3 is 2.05 bits per heavy atom. The van der Waals surface area contributed by atoms with Gasteiger partial charge in [0.1, 0.15) is 6.04 Å². The number of hydrogen-bond donors (Lipinski definition) is 3. The van der Waals surface area contributed by atoms with Crippen LogP contribution < -0.4 is 11.1 Å². The standard InChI is InChI=1S/C14H23N3O4/c15-12(18)6-5-11(13(19)20)16-14(21)17(7-9-1-2-9)8-10-3-4-10/h9-11H,1-8H2,(H2,15,18)(H,16,21)(H,19,20)/t11-/m1/s1. The summed E-state index contributed by atoms with van der Waals surface area (Å²) in [5.41, 5.74) is 5.02. The molecule has 2 rings (SSSR count). The van der Waals surface area contributed by atoms with Crippen molar-refractivity contribution in [1.82, 2.24) is 10.2 Å². The van der Waals surface area contributed by atoms with Gasteiger partial charge in [-0.25, -0.2) is 9.59 Å². The summed E-state index contributed by atoms with van der Waals surface area (Å²) >= 11 is 0. The zero-order chi connectivity index (χ0) is 15.4. The van der Waals surface area contributed by atoms with Crippen molar-refractivity contribution >= 4 is 17.9 Å². The molecule has 0 saturated heterocycles. The maximum Gasteiger partial charge on any atom is 0.326 e. The Bertz CT molecular complexity index is 404. The molecule has 0 aliphatic heterocycles. The number of primary amides is 1. The van der Waals surface area contributed by atoms with E-state index in [0.717, 1.165) is 25.7 Å². The molecule has 2 saturated carbocycles. The molecule has 1 atom stereocenters. The maximum atomic E-state index is 12.3. The summed E-state index contributed by atoms with van der Waals surface area (Å²) in [5.74, 6) is -0.586. The minimum Gasteiger partial charge on any atom is -0.480 e. The van der Waals surface area contributed by atoms with E-state index in [1.54, 1.807) is 4.90 Å². The van der Waals surface area contributed by atoms with Crippen molar-refractivity contribution in [1.29, 1.82) is 0 Å². The van der Waals surface area contributed by atoms with E-state index in [1.165, 1.54) is 0 Å². The third-order valence-electron chi connectivity index (χ3n) is 3.91. The van der Waals surface area contributed by atoms with Crippen LogP contribution in [0.25, 0.3) is 0 Å². The van der Waals surface area contributed by atoms with Crippen molar-refractivity contribution in [3.63, 3.8) is 0 Å². The van der Waals surface area contributed by atoms with Crippen molar-refractivity contribution in [3.8, 4) is 0 Å². The number of nitrogens with two attached hydrogens (primary N) is 1. The molecular formula is C14H23N3O4. The average Bonchev–Trinajstić information content (AvgIpc) is 3.27. The van der Waals surface area contributed by atoms with Gasteiger partial charge in [-0.2, -0.15) is 0 Å². The lowest BCUT2D eigenvalue weighted by Crippen LogP contribution is -2.49. The van der Waals surface area contributed by atoms with Crippen LogP contribution in [0, 0.1) is 11.8 Å². The number of aliphatic carboxylic acids is 1. The first-order valence-corrected chi connectivity index (χ1v) is 7.52. The summed E-state index contributed by atoms with van der Waals surface area (Å²) in [4.78, 5) is 35.9. The van der Waals surface area contributed by atoms with Crippen molar-refractivity contribution in [2.24, 2.45) is 17.6 Å². The predicted molar refractivity (Wildman–Crippen MR) is 75.4 cm³/mol. The third-order valence-corrected chi connectivity index (χ3v) is 3.91. The van der Waals surface area contributed by atoms with E-state index < -0.39 is 17.9 Å². The summed E-state index contributed by atoms with van der Waals surface area (Å²) in [6.07, 6.45) is 4.52. The number of hydrogen-bond acceptors (Lipinski definition) is 3. The fourth-order valence-corrected chi connectivity index (χ4v) is 2.25. The zero-order valence-corrected chi connectivity index (χ0v) is 12.1. The molecule has 2 fully saturated rings. The number of carbonyl (C=O) groups excluding carboxylic acids is 2. The molecule has 3 amide bonds. The number of carboxylic acids is 1. The maximum absolute atomic E-state index is 12.3. The Morgan fingerprint density at radius 1 is 1.14 bits per heavy atom. The molecule has 0 bridgehead atoms. The topological polar surface area (TPSA) is 113 Å². The first-order valence-electron chi connectivity index (χ1n) is 7.52. The summed E-state index contributed by atoms with van der Waals surface area (Å²) < 4.78 is 0. The Hall–Kier alpha value is -1.79. The predicted octanol–water partition coefficient (Wildman–Crippen LogP) is 0.537. The van der Waals surface area contributed by atoms with Gasteiger partial charge in [-0.1, -0.05) is 0 Å². The fourth-order valence-electron chi connectivity index (χ4n) is 2.25. The van der Waals surface area contributed by atoms with Crippen LogP contribution in [0.3, 0.4) is 0 Å². The highest BCUT2D eigenvalue weighted by Gasteiger charge is 2.32. The third kappa shape index (κ3) is 5.61. The molecule has 0 heterocycles. The van der Waals surface area contributed by atoms with Crippen molar-refractivity contribution < 1.29 is 19.5 Å². The van der Waals surface area contributed by atoms with Crippen molar-refractivity contribution in [3.05, 3.63) is 0 Å². The van der Waals surface area contributed by atoms with Crippen LogP contribution in [-0.2, 0) is 9.59 Å². The largest absolute Gasteiger partial charge is 0.480 e. The number of carbonyl (C=O) groups is 3. The second-order valence-corrected chi connectivity index (χ2v) is 6.14. The van der Waals surface area contributed by atoms with E-state index in [9.17, 15) is 14.4 Å². The van der Waals surface area contributed by atoms with Crippen molar-refractivity contribution in [2.75, 3.05) is 13.1 Å². The Morgan fingerprint density at radius 2 is 1.67 bits per heavy atom. The van der Waals surface area contributed by atoms with Crippen LogP contribution in [0.5, 0.6) is 0 Å². The lowest BCUT2D eigenvalue weighted by Gasteiger charge is -2.25. The van der Waals surface area contributed by atoms with Crippen LogP contribution in [-0.4, -0.2) is 47.0 Å². The number of urea groups is 1. The Labute approximate surface area is 123 Å². The molecule has 2 aliphatic rings. The monoisotopic (exact) mass is 297 g/mol. The summed E-state index contributed by atoms with van der Waals surface area (Å²) in [6, 6.07) is -1.41. The highest BCUT2D eigenvalue weighted by molar-refractivity contribution is 5.83. The minimum atomic E-state index is -1.14. The van der Waals surface area contributed by atoms with Gasteiger partial charge in [0.05, 0.1) is 0 Å². The fraction of sp³-hybridized carbons (Fsp3) is 0.786. The van der Waals surface area contributed by atoms with Gasteiger partial charge in [0.15, 0.2) is 0 Å². The molecule has 0 spiro atoms. The number of amides is 3. The molecular weight excluding hydrogens is 274 g/mol. The lowest BCUT2D eigenvalue weighted by molar-refractivity contribution is -0.139. The van der Waals surface area contributed by atoms with E-state index in [-0.39, 0.29) is 18.9 Å². The normalized spacial score (nSPS) is 18.9. The molecule has 0 aromatic rings. The highest BCUT2D eigenvalue weighted by Crippen LogP contribution is 2.33. The Balaban J connectivity index is 1.86. The molecule has 4 N–H and O–H groups in total. The molecule has 0 aromatic carbocycles. The first-order chi connectivity index (χ1) is 9.95. The van der Waals surface area contributed by atoms with E-state index in [0.29, 0.717) is 24.9 Å². The minimum absolute atomic E-state index is 0.0249. The molecule has 7 heteroatoms. The molecule has 7 nitrogen and oxygen atoms in total. The van der Waals surface area contributed by atoms with Crippen LogP contribution in [0.15, 0.2) is 0 Å². The molecule has 0 aromatic heterocycles. The van der Waals surface area contributed by atoms with Gasteiger partial charge in [-0.05, 0) is 43.9 Å². The smallest absolute Gasteiger partial charge is 0.326 e. The molecule has 0 unspecified atom stereocenters. The molecule has 118 valence electrons.